The zero-order valence-corrected chi connectivity index (χ0v) is 8.29. The van der Waals surface area contributed by atoms with Gasteiger partial charge in [0.1, 0.15) is 6.61 Å². The molecule has 0 radical (unpaired) electrons. The van der Waals surface area contributed by atoms with Crippen LogP contribution in [0.5, 0.6) is 0 Å². The van der Waals surface area contributed by atoms with Crippen LogP contribution < -0.4 is 0 Å². The first-order chi connectivity index (χ1) is 5.89. The first-order valence-electron chi connectivity index (χ1n) is 3.99. The van der Waals surface area contributed by atoms with E-state index in [0.29, 0.717) is 0 Å². The van der Waals surface area contributed by atoms with Crippen molar-refractivity contribution in [2.45, 2.75) is 20.8 Å². The highest BCUT2D eigenvalue weighted by molar-refractivity contribution is 5.86. The lowest BCUT2D eigenvalue weighted by Crippen LogP contribution is -2.24. The Morgan fingerprint density at radius 3 is 2.46 bits per heavy atom. The normalized spacial score (nSPS) is 11.1. The molecule has 0 rings (SSSR count). The summed E-state index contributed by atoms with van der Waals surface area (Å²) in [6.45, 7) is 8.63. The quantitative estimate of drug-likeness (QED) is 0.398. The molecule has 0 aliphatic rings. The Balaban J connectivity index is 3.68. The summed E-state index contributed by atoms with van der Waals surface area (Å²) in [6.07, 6.45) is 0. The summed E-state index contributed by atoms with van der Waals surface area (Å²) in [4.78, 5) is 19.8. The Morgan fingerprint density at radius 2 is 2.08 bits per heavy atom. The van der Waals surface area contributed by atoms with Crippen LogP contribution in [0.25, 0.3) is 0 Å². The van der Waals surface area contributed by atoms with Crippen LogP contribution in [0.2, 0.25) is 0 Å². The summed E-state index contributed by atoms with van der Waals surface area (Å²) in [5, 5.41) is 8.83. The van der Waals surface area contributed by atoms with Crippen molar-refractivity contribution in [1.82, 2.24) is 0 Å². The Kier molecular flexibility index (Phi) is 4.66. The highest BCUT2D eigenvalue weighted by Crippen LogP contribution is 2.13. The number of hydrogen-bond acceptors (Lipinski definition) is 4. The topological polar surface area (TPSA) is 55.8 Å². The van der Waals surface area contributed by atoms with Crippen molar-refractivity contribution in [3.8, 4) is 0 Å². The van der Waals surface area contributed by atoms with Gasteiger partial charge >= 0.3 is 5.97 Å². The van der Waals surface area contributed by atoms with Crippen LogP contribution in [-0.4, -0.2) is 24.3 Å². The second-order valence-electron chi connectivity index (χ2n) is 3.74. The molecule has 0 bridgehead atoms. The van der Waals surface area contributed by atoms with E-state index < -0.39 is 11.4 Å². The van der Waals surface area contributed by atoms with E-state index in [1.807, 2.05) is 0 Å². The van der Waals surface area contributed by atoms with Crippen LogP contribution in [0.4, 0.5) is 0 Å². The molecule has 0 saturated carbocycles. The third-order valence-electron chi connectivity index (χ3n) is 1.36. The van der Waals surface area contributed by atoms with Crippen molar-refractivity contribution in [1.29, 1.82) is 0 Å². The molecule has 4 nitrogen and oxygen atoms in total. The van der Waals surface area contributed by atoms with Crippen LogP contribution in [0, 0.1) is 5.41 Å². The third kappa shape index (κ3) is 5.38. The zero-order valence-electron chi connectivity index (χ0n) is 8.29. The lowest BCUT2D eigenvalue weighted by Gasteiger charge is -2.19. The molecular formula is C9H16O4. The average molecular weight is 188 g/mol. The summed E-state index contributed by atoms with van der Waals surface area (Å²) in [5.41, 5.74) is -0.128. The molecule has 0 atom stereocenters. The number of carbonyl (C=O) groups excluding carboxylic acids is 1. The molecule has 13 heavy (non-hydrogen) atoms. The van der Waals surface area contributed by atoms with E-state index in [4.69, 9.17) is 5.11 Å². The molecule has 0 saturated heterocycles. The van der Waals surface area contributed by atoms with E-state index in [0.717, 1.165) is 0 Å². The Bertz CT molecular complexity index is 196. The highest BCUT2D eigenvalue weighted by Gasteiger charge is 2.18. The molecule has 0 aromatic rings. The van der Waals surface area contributed by atoms with Crippen LogP contribution in [0.1, 0.15) is 20.8 Å². The van der Waals surface area contributed by atoms with Crippen LogP contribution in [0.15, 0.2) is 12.2 Å². The molecule has 0 aromatic heterocycles. The minimum atomic E-state index is -0.589. The molecule has 4 heteroatoms. The predicted octanol–water partition coefficient (Wildman–Crippen LogP) is 1.06. The van der Waals surface area contributed by atoms with Crippen molar-refractivity contribution >= 4 is 5.97 Å². The molecule has 0 unspecified atom stereocenters. The van der Waals surface area contributed by atoms with E-state index in [1.54, 1.807) is 13.8 Å². The summed E-state index contributed by atoms with van der Waals surface area (Å²) < 4.78 is 0. The molecule has 0 amide bonds. The first kappa shape index (κ1) is 12.1. The molecule has 0 aromatic carbocycles. The number of carbonyl (C=O) groups is 1. The third-order valence-corrected chi connectivity index (χ3v) is 1.36. The van der Waals surface area contributed by atoms with Gasteiger partial charge in [0, 0.05) is 11.0 Å². The van der Waals surface area contributed by atoms with Crippen molar-refractivity contribution < 1.29 is 19.7 Å². The van der Waals surface area contributed by atoms with Gasteiger partial charge in [0.15, 0.2) is 0 Å². The average Bonchev–Trinajstić information content (AvgIpc) is 2.04. The molecule has 0 aliphatic heterocycles. The van der Waals surface area contributed by atoms with E-state index in [9.17, 15) is 4.79 Å². The number of rotatable bonds is 5. The second kappa shape index (κ2) is 4.99. The SMILES string of the molecule is C=C(C)C(=O)OOCC(C)(C)CO. The van der Waals surface area contributed by atoms with Crippen molar-refractivity contribution in [2.75, 3.05) is 13.2 Å². The number of aliphatic hydroxyl groups excluding tert-OH is 1. The molecule has 0 spiro atoms. The van der Waals surface area contributed by atoms with Crippen molar-refractivity contribution in [3.05, 3.63) is 12.2 Å². The van der Waals surface area contributed by atoms with E-state index >= 15 is 0 Å². The molecule has 1 N–H and O–H groups in total. The lowest BCUT2D eigenvalue weighted by molar-refractivity contribution is -0.281. The summed E-state index contributed by atoms with van der Waals surface area (Å²) in [6, 6.07) is 0. The molecule has 0 aliphatic carbocycles. The summed E-state index contributed by atoms with van der Waals surface area (Å²) in [7, 11) is 0. The highest BCUT2D eigenvalue weighted by atomic mass is 17.2. The van der Waals surface area contributed by atoms with Crippen LogP contribution in [-0.2, 0) is 14.6 Å². The minimum Gasteiger partial charge on any atom is -0.396 e. The maximum absolute atomic E-state index is 10.8. The summed E-state index contributed by atoms with van der Waals surface area (Å²) in [5.74, 6) is -0.589. The monoisotopic (exact) mass is 188 g/mol. The maximum atomic E-state index is 10.8. The number of hydrogen-bond donors (Lipinski definition) is 1. The van der Waals surface area contributed by atoms with E-state index in [2.05, 4.69) is 16.4 Å². The fourth-order valence-electron chi connectivity index (χ4n) is 0.359. The zero-order chi connectivity index (χ0) is 10.5. The van der Waals surface area contributed by atoms with Gasteiger partial charge in [0.25, 0.3) is 0 Å². The van der Waals surface area contributed by atoms with E-state index in [-0.39, 0.29) is 18.8 Å². The smallest absolute Gasteiger partial charge is 0.368 e. The molecule has 0 fully saturated rings. The largest absolute Gasteiger partial charge is 0.396 e. The van der Waals surface area contributed by atoms with Crippen LogP contribution >= 0.6 is 0 Å². The van der Waals surface area contributed by atoms with E-state index in [1.165, 1.54) is 6.92 Å². The molecule has 0 heterocycles. The fraction of sp³-hybridized carbons (Fsp3) is 0.667. The fourth-order valence-corrected chi connectivity index (χ4v) is 0.359. The Hall–Kier alpha value is -0.870. The maximum Gasteiger partial charge on any atom is 0.368 e. The number of aliphatic hydroxyl groups is 1. The van der Waals surface area contributed by atoms with Gasteiger partial charge in [-0.1, -0.05) is 20.4 Å². The van der Waals surface area contributed by atoms with Gasteiger partial charge in [-0.2, -0.15) is 4.89 Å². The van der Waals surface area contributed by atoms with Gasteiger partial charge in [0.2, 0.25) is 0 Å². The lowest BCUT2D eigenvalue weighted by atomic mass is 9.97. The van der Waals surface area contributed by atoms with Gasteiger partial charge in [-0.05, 0) is 6.92 Å². The van der Waals surface area contributed by atoms with Crippen molar-refractivity contribution in [3.63, 3.8) is 0 Å². The predicted molar refractivity (Wildman–Crippen MR) is 47.7 cm³/mol. The van der Waals surface area contributed by atoms with Crippen molar-refractivity contribution in [2.24, 2.45) is 5.41 Å². The summed E-state index contributed by atoms with van der Waals surface area (Å²) >= 11 is 0. The van der Waals surface area contributed by atoms with Gasteiger partial charge in [0.05, 0.1) is 6.61 Å². The van der Waals surface area contributed by atoms with Gasteiger partial charge in [-0.15, -0.1) is 0 Å². The van der Waals surface area contributed by atoms with Crippen LogP contribution in [0.3, 0.4) is 0 Å². The second-order valence-corrected chi connectivity index (χ2v) is 3.74. The molecular weight excluding hydrogens is 172 g/mol. The van der Waals surface area contributed by atoms with Gasteiger partial charge in [-0.25, -0.2) is 4.79 Å². The Labute approximate surface area is 78.1 Å². The Morgan fingerprint density at radius 1 is 1.54 bits per heavy atom. The molecule has 76 valence electrons. The first-order valence-corrected chi connectivity index (χ1v) is 3.99. The van der Waals surface area contributed by atoms with Gasteiger partial charge in [-0.3, -0.25) is 4.89 Å². The standard InChI is InChI=1S/C9H16O4/c1-7(2)8(11)13-12-6-9(3,4)5-10/h10H,1,5-6H2,2-4H3. The minimum absolute atomic E-state index is 0.0301. The van der Waals surface area contributed by atoms with Gasteiger partial charge < -0.3 is 5.11 Å².